The van der Waals surface area contributed by atoms with E-state index in [9.17, 15) is 19.2 Å². The lowest BCUT2D eigenvalue weighted by molar-refractivity contribution is -0.119. The first kappa shape index (κ1) is 44.9. The largest absolute Gasteiger partial charge is 0.494 e. The highest BCUT2D eigenvalue weighted by Crippen LogP contribution is 2.40. The molecule has 2 aliphatic carbocycles. The van der Waals surface area contributed by atoms with Crippen LogP contribution >= 0.6 is 11.6 Å². The number of methoxy groups -OCH3 is 2. The summed E-state index contributed by atoms with van der Waals surface area (Å²) in [7, 11) is 6.14. The Bertz CT molecular complexity index is 2630. The molecule has 20 nitrogen and oxygen atoms in total. The Balaban J connectivity index is 0.000000187. The fourth-order valence-corrected chi connectivity index (χ4v) is 6.04. The number of primary amides is 1. The third kappa shape index (κ3) is 11.4. The van der Waals surface area contributed by atoms with Crippen molar-refractivity contribution >= 4 is 63.8 Å². The molecule has 21 heteroatoms. The molecule has 2 aromatic carbocycles. The number of benzene rings is 2. The number of aromatic nitrogens is 6. The van der Waals surface area contributed by atoms with Crippen molar-refractivity contribution in [3.8, 4) is 34.4 Å². The molecule has 0 atom stereocenters. The Kier molecular flexibility index (Phi) is 14.5. The van der Waals surface area contributed by atoms with Gasteiger partial charge in [0, 0.05) is 58.2 Å². The van der Waals surface area contributed by atoms with Crippen LogP contribution in [0.4, 0.5) is 28.6 Å². The van der Waals surface area contributed by atoms with Gasteiger partial charge in [-0.05, 0) is 56.0 Å². The van der Waals surface area contributed by atoms with E-state index in [0.717, 1.165) is 25.7 Å². The van der Waals surface area contributed by atoms with Crippen molar-refractivity contribution in [3.05, 3.63) is 89.0 Å². The minimum absolute atomic E-state index is 0.0338. The smallest absolute Gasteiger partial charge is 0.254 e. The van der Waals surface area contributed by atoms with Crippen LogP contribution in [0.2, 0.25) is 5.15 Å². The van der Waals surface area contributed by atoms with Gasteiger partial charge >= 0.3 is 0 Å². The van der Waals surface area contributed by atoms with E-state index in [-0.39, 0.29) is 40.6 Å². The van der Waals surface area contributed by atoms with Gasteiger partial charge in [0.15, 0.2) is 11.5 Å². The predicted molar refractivity (Wildman–Crippen MR) is 232 cm³/mol. The molecule has 0 bridgehead atoms. The number of carbonyl (C=O) groups is 4. The second kappa shape index (κ2) is 20.3. The van der Waals surface area contributed by atoms with E-state index in [1.54, 1.807) is 63.4 Å². The van der Waals surface area contributed by atoms with Crippen LogP contribution < -0.4 is 41.8 Å². The zero-order valence-electron chi connectivity index (χ0n) is 35.2. The van der Waals surface area contributed by atoms with E-state index in [4.69, 9.17) is 35.6 Å². The molecule has 2 aliphatic rings. The molecule has 0 saturated heterocycles. The minimum Gasteiger partial charge on any atom is -0.494 e. The van der Waals surface area contributed by atoms with Crippen LogP contribution in [0, 0.1) is 25.7 Å². The van der Waals surface area contributed by atoms with Gasteiger partial charge in [0.2, 0.25) is 23.6 Å². The van der Waals surface area contributed by atoms with Crippen molar-refractivity contribution in [2.75, 3.05) is 44.3 Å². The molecule has 6 aromatic rings. The van der Waals surface area contributed by atoms with E-state index in [2.05, 4.69) is 56.9 Å². The first-order valence-electron chi connectivity index (χ1n) is 19.5. The number of pyridine rings is 2. The predicted octanol–water partition coefficient (Wildman–Crippen LogP) is 5.99. The second-order valence-corrected chi connectivity index (χ2v) is 14.4. The highest BCUT2D eigenvalue weighted by atomic mass is 35.5. The maximum Gasteiger partial charge on any atom is 0.254 e. The van der Waals surface area contributed by atoms with E-state index in [1.807, 2.05) is 6.07 Å². The average Bonchev–Trinajstić information content (AvgIpc) is 4.22. The summed E-state index contributed by atoms with van der Waals surface area (Å²) in [5.41, 5.74) is 8.87. The number of nitrogens with one attached hydrogen (secondary N) is 5. The Morgan fingerprint density at radius 2 is 1.16 bits per heavy atom. The van der Waals surface area contributed by atoms with E-state index in [0.29, 0.717) is 85.9 Å². The van der Waals surface area contributed by atoms with Crippen molar-refractivity contribution in [1.29, 1.82) is 0 Å². The Morgan fingerprint density at radius 3 is 1.56 bits per heavy atom. The maximum atomic E-state index is 12.4. The zero-order valence-corrected chi connectivity index (χ0v) is 35.9. The number of para-hydroxylation sites is 2. The summed E-state index contributed by atoms with van der Waals surface area (Å²) in [5.74, 6) is 2.31. The number of hydrogen-bond acceptors (Lipinski definition) is 16. The Morgan fingerprint density at radius 1 is 0.683 bits per heavy atom. The number of nitrogens with two attached hydrogens (primary N) is 1. The third-order valence-corrected chi connectivity index (χ3v) is 9.59. The van der Waals surface area contributed by atoms with Crippen LogP contribution in [0.1, 0.15) is 58.2 Å². The Labute approximate surface area is 366 Å². The molecule has 63 heavy (non-hydrogen) atoms. The maximum absolute atomic E-state index is 12.4. The summed E-state index contributed by atoms with van der Waals surface area (Å²) in [4.78, 5) is 54.7. The number of amides is 4. The monoisotopic (exact) mass is 880 g/mol. The Hall–Kier alpha value is -7.61. The van der Waals surface area contributed by atoms with Crippen LogP contribution in [-0.4, -0.2) is 82.3 Å². The van der Waals surface area contributed by atoms with Crippen molar-refractivity contribution in [3.63, 3.8) is 0 Å². The molecule has 4 heterocycles. The number of hydrogen-bond donors (Lipinski definition) is 6. The van der Waals surface area contributed by atoms with Gasteiger partial charge in [0.25, 0.3) is 23.6 Å². The zero-order chi connectivity index (χ0) is 45.2. The standard InChI is InChI=1S/C21H22N6O4.C17H16ClN5O3.C4H7NO/c1-11-26-27-21(31-11)13-5-4-6-15(18(13)30-3)24-16-9-17(25-19(28)12-7-8-12)23-10-14(16)20(29)22-2;1-9-22-23-17(26-9)10-5-4-6-12(15(10)25-3)21-13-7-14(18)20-8-11(13)16(24)19-2;5-4(6)3-1-2-3/h4-6,9-10,12H,7-8H2,1-3H3,(H,22,29)(H2,23,24,25,28);4-8H,1-3H3,(H,19,24)(H,20,21);3H,1-2H2,(H2,5,6). The van der Waals surface area contributed by atoms with Crippen molar-refractivity contribution < 1.29 is 37.5 Å². The number of anilines is 5. The molecule has 8 rings (SSSR count). The summed E-state index contributed by atoms with van der Waals surface area (Å²) in [6.07, 6.45) is 6.63. The molecule has 2 saturated carbocycles. The summed E-state index contributed by atoms with van der Waals surface area (Å²) < 4.78 is 22.2. The van der Waals surface area contributed by atoms with E-state index >= 15 is 0 Å². The number of rotatable bonds is 13. The second-order valence-electron chi connectivity index (χ2n) is 14.0. The van der Waals surface area contributed by atoms with Gasteiger partial charge in [-0.1, -0.05) is 23.7 Å². The summed E-state index contributed by atoms with van der Waals surface area (Å²) >= 11 is 5.99. The number of aryl methyl sites for hydroxylation is 2. The molecular formula is C42H45ClN12O8. The lowest BCUT2D eigenvalue weighted by Crippen LogP contribution is -2.20. The van der Waals surface area contributed by atoms with Crippen LogP contribution in [0.5, 0.6) is 11.5 Å². The molecule has 7 N–H and O–H groups in total. The number of nitrogens with zero attached hydrogens (tertiary/aromatic N) is 6. The summed E-state index contributed by atoms with van der Waals surface area (Å²) in [6.45, 7) is 3.41. The fourth-order valence-electron chi connectivity index (χ4n) is 5.88. The van der Waals surface area contributed by atoms with Crippen molar-refractivity contribution in [1.82, 2.24) is 41.0 Å². The fraction of sp³-hybridized carbons (Fsp3) is 0.286. The molecule has 4 amide bonds. The van der Waals surface area contributed by atoms with E-state index in [1.165, 1.54) is 33.7 Å². The topological polar surface area (TPSA) is 277 Å². The summed E-state index contributed by atoms with van der Waals surface area (Å²) in [6, 6.07) is 14.0. The van der Waals surface area contributed by atoms with Crippen LogP contribution in [0.3, 0.4) is 0 Å². The van der Waals surface area contributed by atoms with Gasteiger partial charge in [-0.15, -0.1) is 20.4 Å². The van der Waals surface area contributed by atoms with Gasteiger partial charge in [-0.3, -0.25) is 19.2 Å². The van der Waals surface area contributed by atoms with Gasteiger partial charge in [0.05, 0.1) is 59.2 Å². The van der Waals surface area contributed by atoms with Crippen LogP contribution in [0.25, 0.3) is 22.9 Å². The molecule has 328 valence electrons. The molecule has 0 aliphatic heterocycles. The van der Waals surface area contributed by atoms with Gasteiger partial charge in [-0.25, -0.2) is 9.97 Å². The number of ether oxygens (including phenoxy) is 2. The molecule has 2 fully saturated rings. The SMILES string of the molecule is CNC(=O)c1cnc(Cl)cc1Nc1cccc(-c2nnc(C)o2)c1OC.CNC(=O)c1cnc(NC(=O)C2CC2)cc1Nc1cccc(-c2nnc(C)o2)c1OC.NC(=O)C1CC1. The van der Waals surface area contributed by atoms with Gasteiger partial charge in [-0.2, -0.15) is 0 Å². The van der Waals surface area contributed by atoms with Crippen molar-refractivity contribution in [2.24, 2.45) is 17.6 Å². The van der Waals surface area contributed by atoms with Gasteiger partial charge in [0.1, 0.15) is 11.0 Å². The average molecular weight is 881 g/mol. The van der Waals surface area contributed by atoms with Crippen LogP contribution in [-0.2, 0) is 9.59 Å². The van der Waals surface area contributed by atoms with Gasteiger partial charge < -0.3 is 50.6 Å². The molecule has 0 radical (unpaired) electrons. The molecule has 0 spiro atoms. The molecular weight excluding hydrogens is 836 g/mol. The van der Waals surface area contributed by atoms with Crippen LogP contribution in [0.15, 0.2) is 69.8 Å². The highest BCUT2D eigenvalue weighted by Gasteiger charge is 2.30. The first-order chi connectivity index (χ1) is 30.3. The van der Waals surface area contributed by atoms with Crippen molar-refractivity contribution in [2.45, 2.75) is 39.5 Å². The first-order valence-corrected chi connectivity index (χ1v) is 19.9. The number of carbonyl (C=O) groups excluding carboxylic acids is 4. The number of halogens is 1. The lowest BCUT2D eigenvalue weighted by atomic mass is 10.1. The van der Waals surface area contributed by atoms with E-state index < -0.39 is 0 Å². The highest BCUT2D eigenvalue weighted by molar-refractivity contribution is 6.29. The summed E-state index contributed by atoms with van der Waals surface area (Å²) in [5, 5.41) is 30.4. The lowest BCUT2D eigenvalue weighted by Gasteiger charge is -2.16. The molecule has 0 unspecified atom stereocenters. The third-order valence-electron chi connectivity index (χ3n) is 9.39. The normalized spacial score (nSPS) is 12.6. The molecule has 4 aromatic heterocycles. The minimum atomic E-state index is -0.322. The quantitative estimate of drug-likeness (QED) is 0.0727.